The van der Waals surface area contributed by atoms with Crippen molar-refractivity contribution in [3.05, 3.63) is 70.2 Å². The summed E-state index contributed by atoms with van der Waals surface area (Å²) in [4.78, 5) is 0. The van der Waals surface area contributed by atoms with E-state index in [1.165, 1.54) is 0 Å². The van der Waals surface area contributed by atoms with Crippen LogP contribution in [0.2, 0.25) is 10.0 Å². The van der Waals surface area contributed by atoms with Crippen molar-refractivity contribution in [1.82, 2.24) is 20.2 Å². The van der Waals surface area contributed by atoms with Crippen LogP contribution < -0.4 is 14.8 Å². The van der Waals surface area contributed by atoms with Gasteiger partial charge in [-0.3, -0.25) is 0 Å². The first kappa shape index (κ1) is 21.0. The van der Waals surface area contributed by atoms with Gasteiger partial charge in [-0.1, -0.05) is 46.5 Å². The number of ether oxygens (including phenoxy) is 2. The number of hydrogen-bond donors (Lipinski definition) is 1. The Bertz CT molecular complexity index is 957. The van der Waals surface area contributed by atoms with Crippen LogP contribution in [0.15, 0.2) is 49.1 Å². The predicted octanol–water partition coefficient (Wildman–Crippen LogP) is 4.76. The van der Waals surface area contributed by atoms with Gasteiger partial charge in [0.1, 0.15) is 6.61 Å². The van der Waals surface area contributed by atoms with Crippen LogP contribution in [0.1, 0.15) is 18.1 Å². The molecule has 1 heterocycles. The highest BCUT2D eigenvalue weighted by Gasteiger charge is 2.11. The second-order valence-electron chi connectivity index (χ2n) is 6.03. The number of aromatic nitrogens is 4. The first-order chi connectivity index (χ1) is 14.1. The smallest absolute Gasteiger partial charge is 0.243 e. The predicted molar refractivity (Wildman–Crippen MR) is 114 cm³/mol. The topological polar surface area (TPSA) is 74.1 Å². The van der Waals surface area contributed by atoms with E-state index in [1.807, 2.05) is 25.1 Å². The molecule has 0 saturated heterocycles. The molecule has 152 valence electrons. The minimum absolute atomic E-state index is 0.243. The highest BCUT2D eigenvalue weighted by molar-refractivity contribution is 6.35. The lowest BCUT2D eigenvalue weighted by molar-refractivity contribution is 0.269. The number of allylic oxidation sites excluding steroid dienone is 1. The van der Waals surface area contributed by atoms with Crippen molar-refractivity contribution in [1.29, 1.82) is 0 Å². The Kier molecular flexibility index (Phi) is 7.32. The molecule has 29 heavy (non-hydrogen) atoms. The maximum atomic E-state index is 6.22. The maximum absolute atomic E-state index is 6.22. The summed E-state index contributed by atoms with van der Waals surface area (Å²) in [6.07, 6.45) is 1.73. The molecule has 1 N–H and O–H groups in total. The van der Waals surface area contributed by atoms with Crippen molar-refractivity contribution in [3.8, 4) is 11.5 Å². The van der Waals surface area contributed by atoms with E-state index in [-0.39, 0.29) is 6.61 Å². The summed E-state index contributed by atoms with van der Waals surface area (Å²) in [5, 5.41) is 15.9. The SMILES string of the molecule is C=CCn1nnnc1NCc1ccc(OCc2c(Cl)cccc2Cl)c(OCC)c1. The normalized spacial score (nSPS) is 10.6. The lowest BCUT2D eigenvalue weighted by Crippen LogP contribution is -2.08. The first-order valence-corrected chi connectivity index (χ1v) is 9.80. The molecule has 0 amide bonds. The second-order valence-corrected chi connectivity index (χ2v) is 6.84. The van der Waals surface area contributed by atoms with Gasteiger partial charge in [0.2, 0.25) is 5.95 Å². The van der Waals surface area contributed by atoms with Crippen LogP contribution in [0.25, 0.3) is 0 Å². The van der Waals surface area contributed by atoms with Gasteiger partial charge in [0.25, 0.3) is 0 Å². The number of benzene rings is 2. The number of nitrogens with one attached hydrogen (secondary N) is 1. The van der Waals surface area contributed by atoms with E-state index in [0.717, 1.165) is 11.1 Å². The molecule has 0 unspecified atom stereocenters. The van der Waals surface area contributed by atoms with E-state index in [4.69, 9.17) is 32.7 Å². The van der Waals surface area contributed by atoms with Crippen molar-refractivity contribution >= 4 is 29.2 Å². The zero-order chi connectivity index (χ0) is 20.6. The van der Waals surface area contributed by atoms with E-state index < -0.39 is 0 Å². The average molecular weight is 434 g/mol. The Morgan fingerprint density at radius 3 is 2.66 bits per heavy atom. The quantitative estimate of drug-likeness (QED) is 0.464. The zero-order valence-corrected chi connectivity index (χ0v) is 17.5. The average Bonchev–Trinajstić information content (AvgIpc) is 3.15. The van der Waals surface area contributed by atoms with Gasteiger partial charge in [-0.05, 0) is 47.2 Å². The van der Waals surface area contributed by atoms with Crippen LogP contribution in [-0.2, 0) is 19.7 Å². The summed E-state index contributed by atoms with van der Waals surface area (Å²) in [7, 11) is 0. The van der Waals surface area contributed by atoms with Crippen molar-refractivity contribution in [2.24, 2.45) is 0 Å². The van der Waals surface area contributed by atoms with Crippen molar-refractivity contribution in [2.75, 3.05) is 11.9 Å². The number of rotatable bonds is 10. The van der Waals surface area contributed by atoms with Crippen LogP contribution in [0.3, 0.4) is 0 Å². The number of nitrogens with zero attached hydrogens (tertiary/aromatic N) is 4. The molecular weight excluding hydrogens is 413 g/mol. The Morgan fingerprint density at radius 1 is 1.14 bits per heavy atom. The molecule has 1 aromatic heterocycles. The van der Waals surface area contributed by atoms with Crippen LogP contribution in [0, 0.1) is 0 Å². The van der Waals surface area contributed by atoms with Crippen LogP contribution >= 0.6 is 23.2 Å². The van der Waals surface area contributed by atoms with Gasteiger partial charge in [0, 0.05) is 22.2 Å². The minimum Gasteiger partial charge on any atom is -0.490 e. The largest absolute Gasteiger partial charge is 0.490 e. The molecule has 3 rings (SSSR count). The molecular formula is C20H21Cl2N5O2. The van der Waals surface area contributed by atoms with E-state index >= 15 is 0 Å². The van der Waals surface area contributed by atoms with Crippen LogP contribution in [0.4, 0.5) is 5.95 Å². The lowest BCUT2D eigenvalue weighted by Gasteiger charge is -2.15. The standard InChI is InChI=1S/C20H21Cl2N5O2/c1-3-10-27-20(24-25-26-27)23-12-14-8-9-18(19(11-14)28-4-2)29-13-15-16(21)6-5-7-17(15)22/h3,5-9,11H,1,4,10,12-13H2,2H3,(H,23,24,26). The summed E-state index contributed by atoms with van der Waals surface area (Å²) in [6.45, 7) is 7.42. The van der Waals surface area contributed by atoms with Crippen LogP contribution in [0.5, 0.6) is 11.5 Å². The van der Waals surface area contributed by atoms with Crippen LogP contribution in [-0.4, -0.2) is 26.8 Å². The van der Waals surface area contributed by atoms with Gasteiger partial charge >= 0.3 is 0 Å². The third kappa shape index (κ3) is 5.40. The Hall–Kier alpha value is -2.77. The molecule has 3 aromatic rings. The molecule has 0 atom stereocenters. The molecule has 0 aliphatic rings. The molecule has 7 nitrogen and oxygen atoms in total. The van der Waals surface area contributed by atoms with Crippen molar-refractivity contribution in [3.63, 3.8) is 0 Å². The zero-order valence-electron chi connectivity index (χ0n) is 15.9. The summed E-state index contributed by atoms with van der Waals surface area (Å²) < 4.78 is 13.3. The maximum Gasteiger partial charge on any atom is 0.243 e. The molecule has 0 spiro atoms. The minimum atomic E-state index is 0.243. The molecule has 0 aliphatic heterocycles. The summed E-state index contributed by atoms with van der Waals surface area (Å²) in [5.74, 6) is 1.82. The molecule has 0 radical (unpaired) electrons. The molecule has 9 heteroatoms. The lowest BCUT2D eigenvalue weighted by atomic mass is 10.2. The summed E-state index contributed by atoms with van der Waals surface area (Å²) in [6, 6.07) is 11.1. The van der Waals surface area contributed by atoms with Gasteiger partial charge < -0.3 is 14.8 Å². The Balaban J connectivity index is 1.71. The highest BCUT2D eigenvalue weighted by atomic mass is 35.5. The van der Waals surface area contributed by atoms with E-state index in [2.05, 4.69) is 27.4 Å². The van der Waals surface area contributed by atoms with Gasteiger partial charge in [0.05, 0.1) is 13.2 Å². The summed E-state index contributed by atoms with van der Waals surface area (Å²) in [5.41, 5.74) is 1.72. The Labute approximate surface area is 179 Å². The fourth-order valence-corrected chi connectivity index (χ4v) is 3.13. The Morgan fingerprint density at radius 2 is 1.93 bits per heavy atom. The molecule has 0 aliphatic carbocycles. The van der Waals surface area contributed by atoms with Crippen molar-refractivity contribution < 1.29 is 9.47 Å². The number of tetrazole rings is 1. The highest BCUT2D eigenvalue weighted by Crippen LogP contribution is 2.31. The third-order valence-corrected chi connectivity index (χ3v) is 4.73. The second kappa shape index (κ2) is 10.1. The molecule has 0 fully saturated rings. The fraction of sp³-hybridized carbons (Fsp3) is 0.250. The van der Waals surface area contributed by atoms with Gasteiger partial charge in [0.15, 0.2) is 11.5 Å². The van der Waals surface area contributed by atoms with Gasteiger partial charge in [-0.25, -0.2) is 4.68 Å². The molecule has 0 saturated carbocycles. The molecule has 0 bridgehead atoms. The molecule has 2 aromatic carbocycles. The fourth-order valence-electron chi connectivity index (χ4n) is 2.63. The first-order valence-electron chi connectivity index (χ1n) is 9.04. The number of hydrogen-bond acceptors (Lipinski definition) is 6. The van der Waals surface area contributed by atoms with Gasteiger partial charge in [-0.15, -0.1) is 6.58 Å². The number of halogens is 2. The van der Waals surface area contributed by atoms with E-state index in [1.54, 1.807) is 29.0 Å². The van der Waals surface area contributed by atoms with E-state index in [9.17, 15) is 0 Å². The third-order valence-electron chi connectivity index (χ3n) is 4.03. The number of anilines is 1. The van der Waals surface area contributed by atoms with Crippen molar-refractivity contribution in [2.45, 2.75) is 26.6 Å². The van der Waals surface area contributed by atoms with Gasteiger partial charge in [-0.2, -0.15) is 0 Å². The monoisotopic (exact) mass is 433 g/mol. The summed E-state index contributed by atoms with van der Waals surface area (Å²) >= 11 is 12.4. The van der Waals surface area contributed by atoms with E-state index in [0.29, 0.717) is 47.2 Å².